The summed E-state index contributed by atoms with van der Waals surface area (Å²) in [6, 6.07) is 16.7. The molecule has 7 nitrogen and oxygen atoms in total. The van der Waals surface area contributed by atoms with E-state index >= 15 is 0 Å². The van der Waals surface area contributed by atoms with Crippen LogP contribution in [-0.4, -0.2) is 46.0 Å². The molecule has 0 aliphatic carbocycles. The summed E-state index contributed by atoms with van der Waals surface area (Å²) >= 11 is 0. The number of carbonyl (C=O) groups is 3. The number of carbonyl (C=O) groups excluding carboxylic acids is 1. The average molecular weight is 430 g/mol. The van der Waals surface area contributed by atoms with Crippen molar-refractivity contribution in [2.75, 3.05) is 13.1 Å². The first-order chi connectivity index (χ1) is 14.8. The minimum Gasteiger partial charge on any atom is -0.473 e. The third-order valence-corrected chi connectivity index (χ3v) is 5.12. The second kappa shape index (κ2) is 11.8. The number of nitrogens with zero attached hydrogens (tertiary/aromatic N) is 1. The Hall–Kier alpha value is -3.26. The minimum absolute atomic E-state index is 0.0333. The molecule has 0 saturated carbocycles. The summed E-state index contributed by atoms with van der Waals surface area (Å²) < 4.78 is 13.0. The van der Waals surface area contributed by atoms with Gasteiger partial charge in [-0.05, 0) is 56.1 Å². The van der Waals surface area contributed by atoms with Gasteiger partial charge in [0.25, 0.3) is 0 Å². The van der Waals surface area contributed by atoms with Crippen LogP contribution in [0.3, 0.4) is 0 Å². The second-order valence-corrected chi connectivity index (χ2v) is 7.43. The van der Waals surface area contributed by atoms with E-state index in [2.05, 4.69) is 10.2 Å². The first-order valence-corrected chi connectivity index (χ1v) is 10.0. The molecule has 3 rings (SSSR count). The molecule has 8 heteroatoms. The number of halogens is 1. The van der Waals surface area contributed by atoms with E-state index in [0.29, 0.717) is 0 Å². The molecule has 1 fully saturated rings. The van der Waals surface area contributed by atoms with E-state index in [4.69, 9.17) is 19.8 Å². The number of hydrogen-bond donors (Lipinski definition) is 3. The highest BCUT2D eigenvalue weighted by Crippen LogP contribution is 2.21. The first-order valence-electron chi connectivity index (χ1n) is 10.0. The van der Waals surface area contributed by atoms with Crippen LogP contribution >= 0.6 is 0 Å². The smallest absolute Gasteiger partial charge is 0.414 e. The Morgan fingerprint density at radius 1 is 1.00 bits per heavy atom. The molecule has 3 N–H and O–H groups in total. The van der Waals surface area contributed by atoms with Gasteiger partial charge in [-0.2, -0.15) is 0 Å². The van der Waals surface area contributed by atoms with Gasteiger partial charge in [0.2, 0.25) is 5.91 Å². The van der Waals surface area contributed by atoms with Crippen molar-refractivity contribution < 1.29 is 29.0 Å². The van der Waals surface area contributed by atoms with Crippen LogP contribution in [-0.2, 0) is 20.9 Å². The molecule has 0 aromatic heterocycles. The van der Waals surface area contributed by atoms with Crippen LogP contribution in [0, 0.1) is 11.7 Å². The molecule has 31 heavy (non-hydrogen) atoms. The molecule has 0 bridgehead atoms. The predicted octanol–water partition coefficient (Wildman–Crippen LogP) is 3.07. The van der Waals surface area contributed by atoms with Crippen molar-refractivity contribution in [3.05, 3.63) is 71.5 Å². The summed E-state index contributed by atoms with van der Waals surface area (Å²) in [7, 11) is 0. The largest absolute Gasteiger partial charge is 0.473 e. The molecule has 1 aliphatic rings. The second-order valence-electron chi connectivity index (χ2n) is 7.43. The summed E-state index contributed by atoms with van der Waals surface area (Å²) in [6.45, 7) is 4.64. The lowest BCUT2D eigenvalue weighted by Gasteiger charge is -2.32. The van der Waals surface area contributed by atoms with Crippen molar-refractivity contribution in [3.63, 3.8) is 0 Å². The van der Waals surface area contributed by atoms with Crippen molar-refractivity contribution in [1.29, 1.82) is 0 Å². The highest BCUT2D eigenvalue weighted by Gasteiger charge is 2.26. The van der Waals surface area contributed by atoms with Gasteiger partial charge in [-0.1, -0.05) is 42.5 Å². The number of aliphatic carboxylic acids is 2. The molecule has 0 radical (unpaired) electrons. The van der Waals surface area contributed by atoms with Crippen LogP contribution < -0.4 is 5.32 Å². The van der Waals surface area contributed by atoms with Crippen molar-refractivity contribution in [3.8, 4) is 0 Å². The zero-order valence-corrected chi connectivity index (χ0v) is 17.3. The van der Waals surface area contributed by atoms with Crippen LogP contribution in [0.4, 0.5) is 4.39 Å². The molecule has 2 aromatic carbocycles. The zero-order chi connectivity index (χ0) is 22.8. The van der Waals surface area contributed by atoms with Gasteiger partial charge in [0.05, 0.1) is 6.04 Å². The first kappa shape index (κ1) is 24.0. The summed E-state index contributed by atoms with van der Waals surface area (Å²) in [5, 5.41) is 17.9. The van der Waals surface area contributed by atoms with E-state index in [1.165, 1.54) is 12.1 Å². The molecule has 1 amide bonds. The fourth-order valence-corrected chi connectivity index (χ4v) is 3.36. The van der Waals surface area contributed by atoms with Gasteiger partial charge in [-0.3, -0.25) is 9.69 Å². The summed E-state index contributed by atoms with van der Waals surface area (Å²) in [5.41, 5.74) is 2.24. The standard InChI is InChI=1S/C21H25FN2O.C2H2O4/c1-16(18-5-3-2-4-6-18)23-21(25)19-11-13-24(14-12-19)15-17-7-9-20(22)10-8-17;3-1(4)2(5)6/h2-10,16,19H,11-15H2,1H3,(H,23,25);(H,3,4)(H,5,6). The molecule has 1 heterocycles. The SMILES string of the molecule is CC(NC(=O)C1CCN(Cc2ccc(F)cc2)CC1)c1ccccc1.O=C(O)C(=O)O. The van der Waals surface area contributed by atoms with Crippen molar-refractivity contribution in [1.82, 2.24) is 10.2 Å². The van der Waals surface area contributed by atoms with Crippen LogP contribution in [0.1, 0.15) is 36.9 Å². The number of carboxylic acids is 2. The third-order valence-electron chi connectivity index (χ3n) is 5.12. The number of piperidine rings is 1. The van der Waals surface area contributed by atoms with Crippen molar-refractivity contribution in [2.24, 2.45) is 5.92 Å². The Morgan fingerprint density at radius 2 is 1.55 bits per heavy atom. The lowest BCUT2D eigenvalue weighted by molar-refractivity contribution is -0.159. The van der Waals surface area contributed by atoms with Gasteiger partial charge >= 0.3 is 11.9 Å². The number of amides is 1. The van der Waals surface area contributed by atoms with E-state index in [1.807, 2.05) is 49.4 Å². The molecular weight excluding hydrogens is 403 g/mol. The number of benzene rings is 2. The van der Waals surface area contributed by atoms with Crippen LogP contribution in [0.5, 0.6) is 0 Å². The van der Waals surface area contributed by atoms with E-state index in [0.717, 1.165) is 43.6 Å². The summed E-state index contributed by atoms with van der Waals surface area (Å²) in [5.74, 6) is -3.62. The van der Waals surface area contributed by atoms with Gasteiger partial charge in [0.15, 0.2) is 0 Å². The van der Waals surface area contributed by atoms with E-state index in [-0.39, 0.29) is 23.7 Å². The van der Waals surface area contributed by atoms with Crippen LogP contribution in [0.2, 0.25) is 0 Å². The number of likely N-dealkylation sites (tertiary alicyclic amines) is 1. The summed E-state index contributed by atoms with van der Waals surface area (Å²) in [4.78, 5) is 33.0. The maximum atomic E-state index is 13.0. The highest BCUT2D eigenvalue weighted by molar-refractivity contribution is 6.27. The maximum Gasteiger partial charge on any atom is 0.414 e. The van der Waals surface area contributed by atoms with E-state index in [9.17, 15) is 9.18 Å². The molecule has 166 valence electrons. The molecular formula is C23H27FN2O5. The predicted molar refractivity (Wildman–Crippen MR) is 113 cm³/mol. The average Bonchev–Trinajstić information content (AvgIpc) is 2.76. The normalized spacial score (nSPS) is 15.3. The van der Waals surface area contributed by atoms with Crippen LogP contribution in [0.15, 0.2) is 54.6 Å². The van der Waals surface area contributed by atoms with Crippen molar-refractivity contribution >= 4 is 17.8 Å². The Labute approximate surface area is 180 Å². The topological polar surface area (TPSA) is 107 Å². The molecule has 1 aliphatic heterocycles. The Bertz CT molecular complexity index is 853. The van der Waals surface area contributed by atoms with Crippen molar-refractivity contribution in [2.45, 2.75) is 32.4 Å². The molecule has 1 unspecified atom stereocenters. The number of nitrogens with one attached hydrogen (secondary N) is 1. The van der Waals surface area contributed by atoms with E-state index < -0.39 is 11.9 Å². The zero-order valence-electron chi connectivity index (χ0n) is 17.3. The Morgan fingerprint density at radius 3 is 2.06 bits per heavy atom. The number of hydrogen-bond acceptors (Lipinski definition) is 4. The third kappa shape index (κ3) is 8.18. The van der Waals surface area contributed by atoms with E-state index in [1.54, 1.807) is 0 Å². The monoisotopic (exact) mass is 430 g/mol. The Balaban J connectivity index is 0.000000501. The quantitative estimate of drug-likeness (QED) is 0.630. The van der Waals surface area contributed by atoms with Gasteiger partial charge in [0, 0.05) is 12.5 Å². The van der Waals surface area contributed by atoms with Gasteiger partial charge < -0.3 is 15.5 Å². The fourth-order valence-electron chi connectivity index (χ4n) is 3.36. The number of carboxylic acid groups (broad SMARTS) is 2. The fraction of sp³-hybridized carbons (Fsp3) is 0.348. The highest BCUT2D eigenvalue weighted by atomic mass is 19.1. The van der Waals surface area contributed by atoms with Gasteiger partial charge in [-0.15, -0.1) is 0 Å². The molecule has 2 aromatic rings. The molecule has 1 atom stereocenters. The molecule has 1 saturated heterocycles. The summed E-state index contributed by atoms with van der Waals surface area (Å²) in [6.07, 6.45) is 1.74. The lowest BCUT2D eigenvalue weighted by atomic mass is 9.95. The maximum absolute atomic E-state index is 13.0. The van der Waals surface area contributed by atoms with Gasteiger partial charge in [-0.25, -0.2) is 14.0 Å². The lowest BCUT2D eigenvalue weighted by Crippen LogP contribution is -2.40. The molecule has 0 spiro atoms. The number of rotatable bonds is 5. The minimum atomic E-state index is -1.82. The van der Waals surface area contributed by atoms with Gasteiger partial charge in [0.1, 0.15) is 5.82 Å². The Kier molecular flexibility index (Phi) is 9.14. The van der Waals surface area contributed by atoms with Crippen LogP contribution in [0.25, 0.3) is 0 Å².